The SMILES string of the molecule is c1cc(-c2ccc3c4ccccc4c4ccccc4c3c2)cc(-n2c3ccccc3c3ccc4c5cccnc5sc4c32)c1. The van der Waals surface area contributed by atoms with Crippen LogP contribution in [0.25, 0.3) is 91.2 Å². The number of benzene rings is 7. The molecule has 10 rings (SSSR count). The minimum absolute atomic E-state index is 1.08. The lowest BCUT2D eigenvalue weighted by molar-refractivity contribution is 1.19. The monoisotopic (exact) mass is 576 g/mol. The Kier molecular flexibility index (Phi) is 4.90. The fourth-order valence-corrected chi connectivity index (χ4v) is 8.48. The number of pyridine rings is 1. The Morgan fingerprint density at radius 2 is 1.05 bits per heavy atom. The van der Waals surface area contributed by atoms with Gasteiger partial charge in [-0.05, 0) is 79.8 Å². The maximum absolute atomic E-state index is 4.71. The Hall–Kier alpha value is -5.51. The van der Waals surface area contributed by atoms with E-state index in [-0.39, 0.29) is 0 Å². The lowest BCUT2D eigenvalue weighted by Crippen LogP contribution is -1.94. The fourth-order valence-electron chi connectivity index (χ4n) is 7.30. The van der Waals surface area contributed by atoms with Gasteiger partial charge in [0.15, 0.2) is 0 Å². The lowest BCUT2D eigenvalue weighted by atomic mass is 9.92. The maximum atomic E-state index is 4.71. The minimum atomic E-state index is 1.08. The zero-order valence-corrected chi connectivity index (χ0v) is 24.5. The Morgan fingerprint density at radius 1 is 0.432 bits per heavy atom. The third-order valence-corrected chi connectivity index (χ3v) is 10.4. The van der Waals surface area contributed by atoms with Gasteiger partial charge in [0.25, 0.3) is 0 Å². The van der Waals surface area contributed by atoms with Crippen LogP contribution in [0.3, 0.4) is 0 Å². The van der Waals surface area contributed by atoms with Crippen molar-refractivity contribution in [2.24, 2.45) is 0 Å². The van der Waals surface area contributed by atoms with Crippen molar-refractivity contribution < 1.29 is 0 Å². The summed E-state index contributed by atoms with van der Waals surface area (Å²) < 4.78 is 3.73. The summed E-state index contributed by atoms with van der Waals surface area (Å²) >= 11 is 1.79. The van der Waals surface area contributed by atoms with Crippen LogP contribution in [0.2, 0.25) is 0 Å². The smallest absolute Gasteiger partial charge is 0.124 e. The summed E-state index contributed by atoms with van der Waals surface area (Å²) in [5.74, 6) is 0. The van der Waals surface area contributed by atoms with E-state index in [0.29, 0.717) is 0 Å². The van der Waals surface area contributed by atoms with E-state index < -0.39 is 0 Å². The molecule has 3 heteroatoms. The summed E-state index contributed by atoms with van der Waals surface area (Å²) in [6.07, 6.45) is 1.89. The molecule has 0 aliphatic rings. The molecule has 0 saturated carbocycles. The van der Waals surface area contributed by atoms with Crippen LogP contribution >= 0.6 is 11.3 Å². The summed E-state index contributed by atoms with van der Waals surface area (Å²) in [4.78, 5) is 5.79. The van der Waals surface area contributed by atoms with E-state index in [1.165, 1.54) is 80.7 Å². The molecule has 0 N–H and O–H groups in total. The van der Waals surface area contributed by atoms with Crippen molar-refractivity contribution in [1.82, 2.24) is 9.55 Å². The molecule has 204 valence electrons. The van der Waals surface area contributed by atoms with Crippen LogP contribution < -0.4 is 0 Å². The van der Waals surface area contributed by atoms with Crippen LogP contribution in [-0.4, -0.2) is 9.55 Å². The molecule has 2 nitrogen and oxygen atoms in total. The van der Waals surface area contributed by atoms with Gasteiger partial charge in [-0.1, -0.05) is 103 Å². The van der Waals surface area contributed by atoms with E-state index in [1.807, 2.05) is 12.3 Å². The van der Waals surface area contributed by atoms with Crippen LogP contribution in [0.4, 0.5) is 0 Å². The van der Waals surface area contributed by atoms with Crippen molar-refractivity contribution in [3.05, 3.63) is 146 Å². The van der Waals surface area contributed by atoms with Crippen LogP contribution in [0.15, 0.2) is 146 Å². The van der Waals surface area contributed by atoms with Crippen molar-refractivity contribution in [1.29, 1.82) is 0 Å². The van der Waals surface area contributed by atoms with Crippen LogP contribution in [0.5, 0.6) is 0 Å². The van der Waals surface area contributed by atoms with Gasteiger partial charge in [-0.3, -0.25) is 0 Å². The molecular formula is C41H24N2S. The summed E-state index contributed by atoms with van der Waals surface area (Å²) in [5, 5.41) is 12.8. The zero-order chi connectivity index (χ0) is 28.8. The second kappa shape index (κ2) is 9.00. The number of hydrogen-bond donors (Lipinski definition) is 0. The Bertz CT molecular complexity index is 2750. The predicted molar refractivity (Wildman–Crippen MR) is 189 cm³/mol. The van der Waals surface area contributed by atoms with Gasteiger partial charge in [-0.2, -0.15) is 0 Å². The molecule has 0 bridgehead atoms. The summed E-state index contributed by atoms with van der Waals surface area (Å²) in [6, 6.07) is 51.1. The molecule has 0 saturated heterocycles. The predicted octanol–water partition coefficient (Wildman–Crippen LogP) is 11.7. The minimum Gasteiger partial charge on any atom is -0.308 e. The van der Waals surface area contributed by atoms with Gasteiger partial charge in [0, 0.05) is 33.4 Å². The van der Waals surface area contributed by atoms with E-state index in [0.717, 1.165) is 10.5 Å². The zero-order valence-electron chi connectivity index (χ0n) is 23.7. The topological polar surface area (TPSA) is 17.8 Å². The Balaban J connectivity index is 1.25. The molecule has 0 fully saturated rings. The first-order chi connectivity index (χ1) is 21.8. The Labute approximate surface area is 257 Å². The molecule has 0 spiro atoms. The highest BCUT2D eigenvalue weighted by Crippen LogP contribution is 2.43. The fraction of sp³-hybridized carbons (Fsp3) is 0. The summed E-state index contributed by atoms with van der Waals surface area (Å²) in [6.45, 7) is 0. The van der Waals surface area contributed by atoms with Gasteiger partial charge in [0.1, 0.15) is 4.83 Å². The van der Waals surface area contributed by atoms with Gasteiger partial charge >= 0.3 is 0 Å². The highest BCUT2D eigenvalue weighted by atomic mass is 32.1. The van der Waals surface area contributed by atoms with Crippen molar-refractivity contribution in [3.63, 3.8) is 0 Å². The number of nitrogens with zero attached hydrogens (tertiary/aromatic N) is 2. The molecule has 3 heterocycles. The maximum Gasteiger partial charge on any atom is 0.124 e. The molecule has 0 aliphatic carbocycles. The van der Waals surface area contributed by atoms with E-state index in [4.69, 9.17) is 4.98 Å². The number of para-hydroxylation sites is 1. The van der Waals surface area contributed by atoms with Gasteiger partial charge < -0.3 is 4.57 Å². The van der Waals surface area contributed by atoms with Crippen LogP contribution in [0.1, 0.15) is 0 Å². The summed E-state index contributed by atoms with van der Waals surface area (Å²) in [5.41, 5.74) is 6.05. The molecule has 3 aromatic heterocycles. The van der Waals surface area contributed by atoms with E-state index in [2.05, 4.69) is 138 Å². The standard InChI is InChI=1S/C41H24N2S/c1-2-13-30-28(11-1)29-12-3-4-14-31(29)37-24-26(18-19-32(30)37)25-9-7-10-27(23-25)43-38-17-6-5-15-33(38)34-20-21-35-36-16-8-22-42-41(36)44-40(35)39(34)43/h1-24H. The van der Waals surface area contributed by atoms with Crippen molar-refractivity contribution in [3.8, 4) is 16.8 Å². The van der Waals surface area contributed by atoms with Crippen molar-refractivity contribution >= 4 is 85.8 Å². The third kappa shape index (κ3) is 3.27. The molecule has 0 unspecified atom stereocenters. The van der Waals surface area contributed by atoms with Gasteiger partial charge in [-0.15, -0.1) is 11.3 Å². The van der Waals surface area contributed by atoms with Crippen molar-refractivity contribution in [2.45, 2.75) is 0 Å². The quantitative estimate of drug-likeness (QED) is 0.187. The highest BCUT2D eigenvalue weighted by molar-refractivity contribution is 7.26. The number of aromatic nitrogens is 2. The molecule has 0 radical (unpaired) electrons. The van der Waals surface area contributed by atoms with Gasteiger partial charge in [0.05, 0.1) is 15.7 Å². The van der Waals surface area contributed by atoms with Gasteiger partial charge in [0.2, 0.25) is 0 Å². The molecule has 0 amide bonds. The first-order valence-electron chi connectivity index (χ1n) is 15.0. The van der Waals surface area contributed by atoms with Gasteiger partial charge in [-0.25, -0.2) is 4.98 Å². The van der Waals surface area contributed by atoms with Crippen LogP contribution in [0, 0.1) is 0 Å². The molecule has 0 aliphatic heterocycles. The Morgan fingerprint density at radius 3 is 1.84 bits per heavy atom. The third-order valence-electron chi connectivity index (χ3n) is 9.23. The number of fused-ring (bicyclic) bond motifs is 13. The number of thiophene rings is 1. The molecule has 0 atom stereocenters. The van der Waals surface area contributed by atoms with Crippen LogP contribution in [-0.2, 0) is 0 Å². The number of hydrogen-bond acceptors (Lipinski definition) is 2. The highest BCUT2D eigenvalue weighted by Gasteiger charge is 2.18. The number of rotatable bonds is 2. The van der Waals surface area contributed by atoms with E-state index in [9.17, 15) is 0 Å². The molecule has 7 aromatic carbocycles. The largest absolute Gasteiger partial charge is 0.308 e. The normalized spacial score (nSPS) is 12.1. The molecule has 44 heavy (non-hydrogen) atoms. The second-order valence-corrected chi connectivity index (χ2v) is 12.6. The second-order valence-electron chi connectivity index (χ2n) is 11.6. The van der Waals surface area contributed by atoms with E-state index >= 15 is 0 Å². The average Bonchev–Trinajstić information content (AvgIpc) is 3.64. The summed E-state index contributed by atoms with van der Waals surface area (Å²) in [7, 11) is 0. The molecular weight excluding hydrogens is 553 g/mol. The lowest BCUT2D eigenvalue weighted by Gasteiger charge is -2.13. The average molecular weight is 577 g/mol. The molecule has 10 aromatic rings. The first kappa shape index (κ1) is 24.0. The first-order valence-corrected chi connectivity index (χ1v) is 15.8. The van der Waals surface area contributed by atoms with Crippen molar-refractivity contribution in [2.75, 3.05) is 0 Å². The van der Waals surface area contributed by atoms with E-state index in [1.54, 1.807) is 11.3 Å².